The first kappa shape index (κ1) is 25.4. The number of unbranched alkanes of at least 4 members (excludes halogenated alkanes) is 6. The van der Waals surface area contributed by atoms with Gasteiger partial charge in [0, 0.05) is 12.5 Å². The lowest BCUT2D eigenvalue weighted by Crippen LogP contribution is -2.31. The van der Waals surface area contributed by atoms with Crippen LogP contribution < -0.4 is 0 Å². The summed E-state index contributed by atoms with van der Waals surface area (Å²) in [5.41, 5.74) is 1.62. The number of carbonyl (C=O) groups is 1. The van der Waals surface area contributed by atoms with Gasteiger partial charge < -0.3 is 9.47 Å². The third kappa shape index (κ3) is 10.7. The van der Waals surface area contributed by atoms with Crippen molar-refractivity contribution in [1.82, 2.24) is 0 Å². The van der Waals surface area contributed by atoms with Crippen LogP contribution in [-0.4, -0.2) is 18.2 Å². The van der Waals surface area contributed by atoms with Gasteiger partial charge in [-0.15, -0.1) is 0 Å². The number of aryl methyl sites for hydroxylation is 1. The second-order valence-corrected chi connectivity index (χ2v) is 9.06. The summed E-state index contributed by atoms with van der Waals surface area (Å²) in [5.74, 6) is -0.397. The molecule has 0 atom stereocenters. The van der Waals surface area contributed by atoms with Gasteiger partial charge in [0.15, 0.2) is 0 Å². The summed E-state index contributed by atoms with van der Waals surface area (Å²) in [4.78, 5) is 11.4. The molecular formula is C26H42O3. The van der Waals surface area contributed by atoms with Crippen molar-refractivity contribution < 1.29 is 14.3 Å². The number of esters is 1. The van der Waals surface area contributed by atoms with Crippen molar-refractivity contribution in [2.75, 3.05) is 6.61 Å². The summed E-state index contributed by atoms with van der Waals surface area (Å²) in [6, 6.07) is 8.82. The molecule has 0 N–H and O–H groups in total. The Bertz CT molecular complexity index is 599. The van der Waals surface area contributed by atoms with E-state index in [0.29, 0.717) is 13.0 Å². The average Bonchev–Trinajstić information content (AvgIpc) is 2.67. The van der Waals surface area contributed by atoms with Crippen LogP contribution in [0.4, 0.5) is 0 Å². The van der Waals surface area contributed by atoms with Crippen molar-refractivity contribution in [1.29, 1.82) is 0 Å². The zero-order valence-corrected chi connectivity index (χ0v) is 19.4. The molecule has 0 bridgehead atoms. The molecule has 0 aliphatic heterocycles. The maximum absolute atomic E-state index is 11.4. The number of carbonyl (C=O) groups excluding carboxylic acids is 1. The Labute approximate surface area is 178 Å². The van der Waals surface area contributed by atoms with Crippen molar-refractivity contribution in [2.24, 2.45) is 0 Å². The molecule has 1 rings (SSSR count). The van der Waals surface area contributed by atoms with E-state index < -0.39 is 11.6 Å². The van der Waals surface area contributed by atoms with Crippen molar-refractivity contribution in [2.45, 2.75) is 104 Å². The Hall–Kier alpha value is -1.61. The number of rotatable bonds is 15. The molecule has 0 amide bonds. The highest BCUT2D eigenvalue weighted by Gasteiger charge is 2.25. The monoisotopic (exact) mass is 402 g/mol. The Balaban J connectivity index is 2.40. The highest BCUT2D eigenvalue weighted by atomic mass is 16.6. The third-order valence-corrected chi connectivity index (χ3v) is 5.43. The number of hydrogen-bond donors (Lipinski definition) is 0. The van der Waals surface area contributed by atoms with Gasteiger partial charge in [0.05, 0.1) is 12.2 Å². The van der Waals surface area contributed by atoms with Crippen LogP contribution in [0.3, 0.4) is 0 Å². The second kappa shape index (κ2) is 12.8. The first-order valence-corrected chi connectivity index (χ1v) is 11.3. The molecule has 0 unspecified atom stereocenters. The van der Waals surface area contributed by atoms with Gasteiger partial charge in [-0.05, 0) is 51.7 Å². The minimum atomic E-state index is -0.568. The third-order valence-electron chi connectivity index (χ3n) is 5.43. The van der Waals surface area contributed by atoms with Crippen LogP contribution in [-0.2, 0) is 26.3 Å². The van der Waals surface area contributed by atoms with Crippen LogP contribution in [0.25, 0.3) is 0 Å². The highest BCUT2D eigenvalue weighted by Crippen LogP contribution is 2.27. The first-order valence-electron chi connectivity index (χ1n) is 11.3. The number of hydrogen-bond acceptors (Lipinski definition) is 3. The smallest absolute Gasteiger partial charge is 0.330 e. The van der Waals surface area contributed by atoms with Crippen LogP contribution in [0.15, 0.2) is 36.9 Å². The molecule has 29 heavy (non-hydrogen) atoms. The van der Waals surface area contributed by atoms with E-state index in [9.17, 15) is 4.79 Å². The summed E-state index contributed by atoms with van der Waals surface area (Å²) >= 11 is 0. The molecule has 0 radical (unpaired) electrons. The molecule has 3 heteroatoms. The van der Waals surface area contributed by atoms with Crippen LogP contribution in [0.5, 0.6) is 0 Å². The zero-order chi connectivity index (χ0) is 21.8. The summed E-state index contributed by atoms with van der Waals surface area (Å²) in [6.45, 7) is 14.2. The van der Waals surface area contributed by atoms with Gasteiger partial charge in [0.25, 0.3) is 0 Å². The fourth-order valence-corrected chi connectivity index (χ4v) is 3.36. The minimum absolute atomic E-state index is 0.379. The molecule has 0 saturated carbocycles. The van der Waals surface area contributed by atoms with Gasteiger partial charge >= 0.3 is 5.97 Å². The van der Waals surface area contributed by atoms with E-state index in [4.69, 9.17) is 9.47 Å². The maximum atomic E-state index is 11.4. The quantitative estimate of drug-likeness (QED) is 0.178. The Kier molecular flexibility index (Phi) is 11.3. The summed E-state index contributed by atoms with van der Waals surface area (Å²) in [6.07, 6.45) is 12.4. The first-order chi connectivity index (χ1) is 13.7. The van der Waals surface area contributed by atoms with Gasteiger partial charge in [0.2, 0.25) is 0 Å². The van der Waals surface area contributed by atoms with E-state index in [1.807, 2.05) is 13.8 Å². The van der Waals surface area contributed by atoms with Gasteiger partial charge in [-0.1, -0.05) is 76.3 Å². The average molecular weight is 403 g/mol. The Morgan fingerprint density at radius 3 is 2.14 bits per heavy atom. The molecule has 0 aromatic heterocycles. The van der Waals surface area contributed by atoms with Gasteiger partial charge in [-0.2, -0.15) is 0 Å². The predicted octanol–water partition coefficient (Wildman–Crippen LogP) is 7.13. The van der Waals surface area contributed by atoms with E-state index in [1.54, 1.807) is 0 Å². The molecule has 0 spiro atoms. The van der Waals surface area contributed by atoms with Crippen LogP contribution >= 0.6 is 0 Å². The molecule has 0 heterocycles. The highest BCUT2D eigenvalue weighted by molar-refractivity contribution is 5.81. The molecule has 1 aromatic rings. The molecule has 1 aromatic carbocycles. The van der Waals surface area contributed by atoms with Crippen LogP contribution in [0, 0.1) is 0 Å². The normalized spacial score (nSPS) is 12.0. The Morgan fingerprint density at radius 2 is 1.55 bits per heavy atom. The SMILES string of the molecule is C=CC(=O)OC(C)(C)CCOC(C)(C)c1ccc(CCCCCCCCC)cc1. The maximum Gasteiger partial charge on any atom is 0.330 e. The van der Waals surface area contributed by atoms with Crippen molar-refractivity contribution >= 4 is 5.97 Å². The van der Waals surface area contributed by atoms with E-state index in [1.165, 1.54) is 62.1 Å². The molecule has 0 aliphatic carbocycles. The molecular weight excluding hydrogens is 360 g/mol. The van der Waals surface area contributed by atoms with E-state index in [2.05, 4.69) is 51.6 Å². The largest absolute Gasteiger partial charge is 0.456 e. The molecule has 0 saturated heterocycles. The van der Waals surface area contributed by atoms with Crippen molar-refractivity contribution in [3.8, 4) is 0 Å². The van der Waals surface area contributed by atoms with Gasteiger partial charge in [0.1, 0.15) is 5.60 Å². The molecule has 3 nitrogen and oxygen atoms in total. The summed E-state index contributed by atoms with van der Waals surface area (Å²) in [7, 11) is 0. The van der Waals surface area contributed by atoms with E-state index >= 15 is 0 Å². The standard InChI is InChI=1S/C26H42O3/c1-7-9-10-11-12-13-14-15-22-16-18-23(19-17-22)26(5,6)28-21-20-25(3,4)29-24(27)8-2/h8,16-19H,2,7,9-15,20-21H2,1,3-6H3. The van der Waals surface area contributed by atoms with Crippen LogP contribution in [0.2, 0.25) is 0 Å². The predicted molar refractivity (Wildman–Crippen MR) is 122 cm³/mol. The lowest BCUT2D eigenvalue weighted by Gasteiger charge is -2.29. The lowest BCUT2D eigenvalue weighted by atomic mass is 9.95. The molecule has 0 fully saturated rings. The number of benzene rings is 1. The van der Waals surface area contributed by atoms with Crippen LogP contribution in [0.1, 0.15) is 97.1 Å². The fourth-order valence-electron chi connectivity index (χ4n) is 3.36. The lowest BCUT2D eigenvalue weighted by molar-refractivity contribution is -0.153. The van der Waals surface area contributed by atoms with E-state index in [-0.39, 0.29) is 5.60 Å². The van der Waals surface area contributed by atoms with Gasteiger partial charge in [-0.25, -0.2) is 4.79 Å². The summed E-state index contributed by atoms with van der Waals surface area (Å²) < 4.78 is 11.5. The summed E-state index contributed by atoms with van der Waals surface area (Å²) in [5, 5.41) is 0. The Morgan fingerprint density at radius 1 is 0.966 bits per heavy atom. The topological polar surface area (TPSA) is 35.5 Å². The van der Waals surface area contributed by atoms with Crippen molar-refractivity contribution in [3.63, 3.8) is 0 Å². The van der Waals surface area contributed by atoms with Gasteiger partial charge in [-0.3, -0.25) is 0 Å². The minimum Gasteiger partial charge on any atom is -0.456 e. The fraction of sp³-hybridized carbons (Fsp3) is 0.654. The zero-order valence-electron chi connectivity index (χ0n) is 19.4. The van der Waals surface area contributed by atoms with Crippen molar-refractivity contribution in [3.05, 3.63) is 48.0 Å². The number of ether oxygens (including phenoxy) is 2. The molecule has 0 aliphatic rings. The molecule has 164 valence electrons. The van der Waals surface area contributed by atoms with E-state index in [0.717, 1.165) is 6.42 Å². The second-order valence-electron chi connectivity index (χ2n) is 9.06.